The molecule has 0 aliphatic rings. The molecule has 0 amide bonds. The van der Waals surface area contributed by atoms with Crippen molar-refractivity contribution in [2.75, 3.05) is 0 Å². The van der Waals surface area contributed by atoms with Gasteiger partial charge in [-0.1, -0.05) is 39.0 Å². The van der Waals surface area contributed by atoms with E-state index in [9.17, 15) is 4.39 Å². The number of hydrogen-bond acceptors (Lipinski definition) is 2. The van der Waals surface area contributed by atoms with Crippen LogP contribution in [0.3, 0.4) is 0 Å². The first-order chi connectivity index (χ1) is 9.47. The van der Waals surface area contributed by atoms with Crippen LogP contribution in [-0.4, -0.2) is 4.98 Å². The van der Waals surface area contributed by atoms with Gasteiger partial charge in [0, 0.05) is 18.8 Å². The maximum Gasteiger partial charge on any atom is 0.123 e. The number of hydrogen-bond donors (Lipinski definition) is 1. The minimum Gasteiger partial charge on any atom is -0.304 e. The second-order valence-electron chi connectivity index (χ2n) is 6.05. The highest BCUT2D eigenvalue weighted by atomic mass is 19.1. The summed E-state index contributed by atoms with van der Waals surface area (Å²) in [5.74, 6) is -0.203. The Hall–Kier alpha value is -1.74. The van der Waals surface area contributed by atoms with Crippen molar-refractivity contribution in [3.63, 3.8) is 0 Å². The van der Waals surface area contributed by atoms with E-state index in [1.165, 1.54) is 12.1 Å². The van der Waals surface area contributed by atoms with Gasteiger partial charge in [0.05, 0.1) is 5.69 Å². The molecule has 0 bridgehead atoms. The molecule has 0 fully saturated rings. The average molecular weight is 272 g/mol. The van der Waals surface area contributed by atoms with Gasteiger partial charge in [0.2, 0.25) is 0 Å². The van der Waals surface area contributed by atoms with E-state index in [2.05, 4.69) is 31.1 Å². The normalized spacial score (nSPS) is 13.2. The van der Waals surface area contributed by atoms with Crippen LogP contribution in [0.2, 0.25) is 0 Å². The highest BCUT2D eigenvalue weighted by molar-refractivity contribution is 5.22. The van der Waals surface area contributed by atoms with E-state index in [1.54, 1.807) is 6.20 Å². The molecule has 2 aromatic rings. The zero-order valence-electron chi connectivity index (χ0n) is 12.2. The van der Waals surface area contributed by atoms with Crippen LogP contribution >= 0.6 is 0 Å². The van der Waals surface area contributed by atoms with E-state index >= 15 is 0 Å². The molecule has 20 heavy (non-hydrogen) atoms. The van der Waals surface area contributed by atoms with Crippen molar-refractivity contribution in [2.24, 2.45) is 5.41 Å². The largest absolute Gasteiger partial charge is 0.304 e. The second kappa shape index (κ2) is 6.14. The van der Waals surface area contributed by atoms with Crippen molar-refractivity contribution in [3.05, 3.63) is 65.7 Å². The summed E-state index contributed by atoms with van der Waals surface area (Å²) in [6.07, 6.45) is 1.79. The minimum atomic E-state index is -0.203. The average Bonchev–Trinajstić information content (AvgIpc) is 2.41. The number of aromatic nitrogens is 1. The van der Waals surface area contributed by atoms with Gasteiger partial charge < -0.3 is 5.32 Å². The number of pyridine rings is 1. The third-order valence-electron chi connectivity index (χ3n) is 3.28. The Kier molecular flexibility index (Phi) is 4.50. The Balaban J connectivity index is 2.14. The van der Waals surface area contributed by atoms with Crippen LogP contribution in [0.4, 0.5) is 4.39 Å². The highest BCUT2D eigenvalue weighted by Crippen LogP contribution is 2.32. The predicted octanol–water partition coefficient (Wildman–Crippen LogP) is 4.10. The zero-order chi connectivity index (χ0) is 14.6. The SMILES string of the molecule is CC(C)(C)C(NCc1ccccn1)c1ccc(F)cc1. The van der Waals surface area contributed by atoms with Gasteiger partial charge in [0.15, 0.2) is 0 Å². The Morgan fingerprint density at radius 1 is 1.10 bits per heavy atom. The van der Waals surface area contributed by atoms with E-state index in [0.717, 1.165) is 11.3 Å². The minimum absolute atomic E-state index is 0.0343. The number of halogens is 1. The highest BCUT2D eigenvalue weighted by Gasteiger charge is 2.25. The molecule has 0 aliphatic carbocycles. The smallest absolute Gasteiger partial charge is 0.123 e. The molecule has 0 saturated heterocycles. The van der Waals surface area contributed by atoms with Gasteiger partial charge in [-0.25, -0.2) is 4.39 Å². The zero-order valence-corrected chi connectivity index (χ0v) is 12.2. The van der Waals surface area contributed by atoms with Crippen molar-refractivity contribution in [1.82, 2.24) is 10.3 Å². The molecule has 1 heterocycles. The lowest BCUT2D eigenvalue weighted by molar-refractivity contribution is 0.270. The lowest BCUT2D eigenvalue weighted by atomic mass is 9.82. The van der Waals surface area contributed by atoms with Gasteiger partial charge in [-0.3, -0.25) is 4.98 Å². The van der Waals surface area contributed by atoms with Gasteiger partial charge in [0.25, 0.3) is 0 Å². The Labute approximate surface area is 120 Å². The van der Waals surface area contributed by atoms with E-state index in [1.807, 2.05) is 30.3 Å². The molecule has 1 aromatic heterocycles. The van der Waals surface area contributed by atoms with Gasteiger partial charge in [-0.2, -0.15) is 0 Å². The predicted molar refractivity (Wildman–Crippen MR) is 79.7 cm³/mol. The van der Waals surface area contributed by atoms with Gasteiger partial charge in [0.1, 0.15) is 5.82 Å². The van der Waals surface area contributed by atoms with Crippen molar-refractivity contribution in [2.45, 2.75) is 33.4 Å². The second-order valence-corrected chi connectivity index (χ2v) is 6.05. The third kappa shape index (κ3) is 3.87. The molecular weight excluding hydrogens is 251 g/mol. The number of benzene rings is 1. The maximum absolute atomic E-state index is 13.1. The standard InChI is InChI=1S/C17H21FN2/c1-17(2,3)16(13-7-9-14(18)10-8-13)20-12-15-6-4-5-11-19-15/h4-11,16,20H,12H2,1-3H3. The summed E-state index contributed by atoms with van der Waals surface area (Å²) in [6, 6.07) is 12.7. The molecule has 1 aromatic carbocycles. The summed E-state index contributed by atoms with van der Waals surface area (Å²) in [4.78, 5) is 4.32. The van der Waals surface area contributed by atoms with Gasteiger partial charge >= 0.3 is 0 Å². The topological polar surface area (TPSA) is 24.9 Å². The number of nitrogens with one attached hydrogen (secondary N) is 1. The van der Waals surface area contributed by atoms with Crippen LogP contribution in [0.5, 0.6) is 0 Å². The molecule has 0 aliphatic heterocycles. The molecule has 106 valence electrons. The first kappa shape index (κ1) is 14.7. The molecule has 1 unspecified atom stereocenters. The molecule has 0 spiro atoms. The van der Waals surface area contributed by atoms with Crippen LogP contribution in [0, 0.1) is 11.2 Å². The van der Waals surface area contributed by atoms with E-state index < -0.39 is 0 Å². The van der Waals surface area contributed by atoms with Crippen LogP contribution in [0.15, 0.2) is 48.7 Å². The fourth-order valence-electron chi connectivity index (χ4n) is 2.29. The van der Waals surface area contributed by atoms with Gasteiger partial charge in [-0.15, -0.1) is 0 Å². The van der Waals surface area contributed by atoms with Crippen molar-refractivity contribution < 1.29 is 4.39 Å². The molecule has 0 saturated carbocycles. The first-order valence-electron chi connectivity index (χ1n) is 6.85. The summed E-state index contributed by atoms with van der Waals surface area (Å²) in [5.41, 5.74) is 2.13. The molecule has 2 rings (SSSR count). The summed E-state index contributed by atoms with van der Waals surface area (Å²) in [6.45, 7) is 7.21. The quantitative estimate of drug-likeness (QED) is 0.906. The van der Waals surface area contributed by atoms with Crippen molar-refractivity contribution in [3.8, 4) is 0 Å². The summed E-state index contributed by atoms with van der Waals surface area (Å²) in [7, 11) is 0. The Bertz CT molecular complexity index is 529. The van der Waals surface area contributed by atoms with Crippen LogP contribution < -0.4 is 5.32 Å². The molecule has 0 radical (unpaired) electrons. The van der Waals surface area contributed by atoms with Crippen molar-refractivity contribution in [1.29, 1.82) is 0 Å². The summed E-state index contributed by atoms with van der Waals surface area (Å²) in [5, 5.41) is 3.53. The van der Waals surface area contributed by atoms with E-state index in [0.29, 0.717) is 6.54 Å². The van der Waals surface area contributed by atoms with Crippen LogP contribution in [0.25, 0.3) is 0 Å². The van der Waals surface area contributed by atoms with Gasteiger partial charge in [-0.05, 0) is 35.2 Å². The Morgan fingerprint density at radius 2 is 1.80 bits per heavy atom. The Morgan fingerprint density at radius 3 is 2.35 bits per heavy atom. The molecule has 1 N–H and O–H groups in total. The number of nitrogens with zero attached hydrogens (tertiary/aromatic N) is 1. The first-order valence-corrected chi connectivity index (χ1v) is 6.85. The monoisotopic (exact) mass is 272 g/mol. The molecule has 2 nitrogen and oxygen atoms in total. The lowest BCUT2D eigenvalue weighted by Crippen LogP contribution is -2.32. The van der Waals surface area contributed by atoms with Crippen molar-refractivity contribution >= 4 is 0 Å². The maximum atomic E-state index is 13.1. The molecule has 1 atom stereocenters. The lowest BCUT2D eigenvalue weighted by Gasteiger charge is -2.32. The molecule has 3 heteroatoms. The fraction of sp³-hybridized carbons (Fsp3) is 0.353. The fourth-order valence-corrected chi connectivity index (χ4v) is 2.29. The van der Waals surface area contributed by atoms with Crippen LogP contribution in [-0.2, 0) is 6.54 Å². The molecular formula is C17H21FN2. The van der Waals surface area contributed by atoms with E-state index in [-0.39, 0.29) is 17.3 Å². The third-order valence-corrected chi connectivity index (χ3v) is 3.28. The summed E-state index contributed by atoms with van der Waals surface area (Å²) >= 11 is 0. The van der Waals surface area contributed by atoms with Crippen LogP contribution in [0.1, 0.15) is 38.1 Å². The summed E-state index contributed by atoms with van der Waals surface area (Å²) < 4.78 is 13.1. The van der Waals surface area contributed by atoms with E-state index in [4.69, 9.17) is 0 Å². The number of rotatable bonds is 4.